The number of nitrogens with zero attached hydrogens (tertiary/aromatic N) is 2. The van der Waals surface area contributed by atoms with Crippen molar-refractivity contribution < 1.29 is 9.18 Å². The Hall–Kier alpha value is -4.28. The molecule has 1 N–H and O–H groups in total. The van der Waals surface area contributed by atoms with Crippen LogP contribution in [0.3, 0.4) is 0 Å². The average molecular weight is 456 g/mol. The molecule has 0 unspecified atom stereocenters. The SMILES string of the molecule is N#C/C(C(=O)NCc1ccccc1)=c1\s/c(=C/c2ccc(F)cc2)c(=O)n1-c1ccccc1. The van der Waals surface area contributed by atoms with E-state index in [9.17, 15) is 19.2 Å². The molecule has 0 fully saturated rings. The Balaban J connectivity index is 1.87. The van der Waals surface area contributed by atoms with Gasteiger partial charge in [-0.2, -0.15) is 5.26 Å². The van der Waals surface area contributed by atoms with Gasteiger partial charge in [0.15, 0.2) is 5.57 Å². The Labute approximate surface area is 193 Å². The molecule has 4 rings (SSSR count). The van der Waals surface area contributed by atoms with Gasteiger partial charge in [-0.3, -0.25) is 14.2 Å². The molecule has 0 radical (unpaired) electrons. The molecule has 1 heterocycles. The number of halogens is 1. The van der Waals surface area contributed by atoms with E-state index in [1.54, 1.807) is 42.5 Å². The Morgan fingerprint density at radius 3 is 2.27 bits per heavy atom. The number of nitrogens with one attached hydrogen (secondary N) is 1. The summed E-state index contributed by atoms with van der Waals surface area (Å²) in [6.07, 6.45) is 1.62. The highest BCUT2D eigenvalue weighted by Crippen LogP contribution is 2.06. The van der Waals surface area contributed by atoms with E-state index in [2.05, 4.69) is 5.32 Å². The van der Waals surface area contributed by atoms with E-state index in [1.165, 1.54) is 16.7 Å². The van der Waals surface area contributed by atoms with Crippen molar-refractivity contribution in [2.45, 2.75) is 6.54 Å². The summed E-state index contributed by atoms with van der Waals surface area (Å²) >= 11 is 1.04. The molecular formula is C26H18FN3O2S. The van der Waals surface area contributed by atoms with E-state index < -0.39 is 5.91 Å². The maximum absolute atomic E-state index is 13.3. The van der Waals surface area contributed by atoms with Crippen molar-refractivity contribution in [2.24, 2.45) is 0 Å². The summed E-state index contributed by atoms with van der Waals surface area (Å²) < 4.78 is 15.2. The minimum absolute atomic E-state index is 0.157. The lowest BCUT2D eigenvalue weighted by atomic mass is 10.2. The second-order valence-electron chi connectivity index (χ2n) is 7.10. The second kappa shape index (κ2) is 9.90. The summed E-state index contributed by atoms with van der Waals surface area (Å²) in [6, 6.07) is 25.9. The first kappa shape index (κ1) is 21.9. The molecule has 5 nitrogen and oxygen atoms in total. The number of benzene rings is 3. The quantitative estimate of drug-likeness (QED) is 0.503. The van der Waals surface area contributed by atoms with Crippen molar-refractivity contribution in [2.75, 3.05) is 0 Å². The number of carbonyl (C=O) groups is 1. The van der Waals surface area contributed by atoms with Gasteiger partial charge in [0.1, 0.15) is 16.5 Å². The summed E-state index contributed by atoms with van der Waals surface area (Å²) in [5.74, 6) is -0.948. The monoisotopic (exact) mass is 455 g/mol. The van der Waals surface area contributed by atoms with Gasteiger partial charge in [0.2, 0.25) is 0 Å². The van der Waals surface area contributed by atoms with E-state index in [0.717, 1.165) is 16.9 Å². The van der Waals surface area contributed by atoms with Gasteiger partial charge >= 0.3 is 0 Å². The highest BCUT2D eigenvalue weighted by Gasteiger charge is 2.16. The third-order valence-electron chi connectivity index (χ3n) is 4.85. The fourth-order valence-electron chi connectivity index (χ4n) is 3.23. The second-order valence-corrected chi connectivity index (χ2v) is 8.13. The van der Waals surface area contributed by atoms with Crippen LogP contribution in [-0.4, -0.2) is 10.5 Å². The summed E-state index contributed by atoms with van der Waals surface area (Å²) in [7, 11) is 0. The third-order valence-corrected chi connectivity index (χ3v) is 5.95. The predicted octanol–water partition coefficient (Wildman–Crippen LogP) is 2.86. The molecule has 0 aliphatic rings. The van der Waals surface area contributed by atoms with Crippen LogP contribution >= 0.6 is 11.3 Å². The smallest absolute Gasteiger partial charge is 0.273 e. The number of carbonyl (C=O) groups excluding carboxylic acids is 1. The molecule has 0 atom stereocenters. The van der Waals surface area contributed by atoms with Crippen molar-refractivity contribution in [3.63, 3.8) is 0 Å². The first-order chi connectivity index (χ1) is 16.1. The highest BCUT2D eigenvalue weighted by molar-refractivity contribution is 7.07. The lowest BCUT2D eigenvalue weighted by molar-refractivity contribution is -0.115. The predicted molar refractivity (Wildman–Crippen MR) is 126 cm³/mol. The lowest BCUT2D eigenvalue weighted by Gasteiger charge is -2.06. The molecule has 4 aromatic rings. The van der Waals surface area contributed by atoms with Gasteiger partial charge in [0.25, 0.3) is 11.5 Å². The Morgan fingerprint density at radius 1 is 1.00 bits per heavy atom. The van der Waals surface area contributed by atoms with Crippen molar-refractivity contribution in [1.82, 2.24) is 9.88 Å². The third kappa shape index (κ3) is 4.97. The van der Waals surface area contributed by atoms with Crippen LogP contribution in [0.15, 0.2) is 89.7 Å². The summed E-state index contributed by atoms with van der Waals surface area (Å²) in [6.45, 7) is 0.250. The van der Waals surface area contributed by atoms with Gasteiger partial charge in [-0.25, -0.2) is 4.39 Å². The zero-order chi connectivity index (χ0) is 23.2. The molecule has 3 aromatic carbocycles. The van der Waals surface area contributed by atoms with Crippen molar-refractivity contribution in [1.29, 1.82) is 5.26 Å². The van der Waals surface area contributed by atoms with Crippen LogP contribution in [0.2, 0.25) is 0 Å². The van der Waals surface area contributed by atoms with Crippen LogP contribution in [0.4, 0.5) is 4.39 Å². The number of rotatable bonds is 5. The van der Waals surface area contributed by atoms with Gasteiger partial charge in [0, 0.05) is 6.54 Å². The maximum Gasteiger partial charge on any atom is 0.273 e. The van der Waals surface area contributed by atoms with Crippen LogP contribution in [0.1, 0.15) is 11.1 Å². The largest absolute Gasteiger partial charge is 0.347 e. The molecule has 33 heavy (non-hydrogen) atoms. The van der Waals surface area contributed by atoms with Gasteiger partial charge < -0.3 is 5.32 Å². The molecule has 0 saturated carbocycles. The number of thiazole rings is 1. The number of aromatic nitrogens is 1. The Morgan fingerprint density at radius 2 is 1.64 bits per heavy atom. The van der Waals surface area contributed by atoms with Gasteiger partial charge in [-0.05, 0) is 41.5 Å². The molecule has 0 aliphatic heterocycles. The highest BCUT2D eigenvalue weighted by atomic mass is 32.1. The van der Waals surface area contributed by atoms with Crippen LogP contribution in [0, 0.1) is 17.1 Å². The van der Waals surface area contributed by atoms with Crippen LogP contribution < -0.4 is 20.1 Å². The summed E-state index contributed by atoms with van der Waals surface area (Å²) in [5.41, 5.74) is 1.54. The zero-order valence-electron chi connectivity index (χ0n) is 17.4. The number of nitriles is 1. The van der Waals surface area contributed by atoms with Crippen LogP contribution in [-0.2, 0) is 11.3 Å². The number of amides is 1. The molecule has 0 spiro atoms. The zero-order valence-corrected chi connectivity index (χ0v) is 18.2. The molecule has 1 amide bonds. The maximum atomic E-state index is 13.3. The van der Waals surface area contributed by atoms with Gasteiger partial charge in [-0.1, -0.05) is 60.7 Å². The van der Waals surface area contributed by atoms with Crippen LogP contribution in [0.25, 0.3) is 17.3 Å². The van der Waals surface area contributed by atoms with Crippen molar-refractivity contribution in [3.8, 4) is 11.8 Å². The first-order valence-corrected chi connectivity index (χ1v) is 10.9. The fraction of sp³-hybridized carbons (Fsp3) is 0.0385. The van der Waals surface area contributed by atoms with Gasteiger partial charge in [-0.15, -0.1) is 11.3 Å². The minimum atomic E-state index is -0.569. The van der Waals surface area contributed by atoms with Gasteiger partial charge in [0.05, 0.1) is 10.2 Å². The molecule has 0 aliphatic carbocycles. The summed E-state index contributed by atoms with van der Waals surface area (Å²) in [5, 5.41) is 12.6. The molecule has 1 aromatic heterocycles. The van der Waals surface area contributed by atoms with Crippen molar-refractivity contribution in [3.05, 3.63) is 121 Å². The van der Waals surface area contributed by atoms with Crippen LogP contribution in [0.5, 0.6) is 0 Å². The molecular weight excluding hydrogens is 437 g/mol. The molecule has 162 valence electrons. The van der Waals surface area contributed by atoms with E-state index in [0.29, 0.717) is 15.8 Å². The molecule has 0 bridgehead atoms. The number of hydrogen-bond acceptors (Lipinski definition) is 4. The average Bonchev–Trinajstić information content (AvgIpc) is 3.16. The Bertz CT molecular complexity index is 1500. The van der Waals surface area contributed by atoms with E-state index >= 15 is 0 Å². The van der Waals surface area contributed by atoms with E-state index in [1.807, 2.05) is 42.5 Å². The van der Waals surface area contributed by atoms with E-state index in [-0.39, 0.29) is 28.2 Å². The first-order valence-electron chi connectivity index (χ1n) is 10.1. The number of hydrogen-bond donors (Lipinski definition) is 1. The topological polar surface area (TPSA) is 74.9 Å². The van der Waals surface area contributed by atoms with E-state index in [4.69, 9.17) is 0 Å². The normalized spacial score (nSPS) is 12.2. The lowest BCUT2D eigenvalue weighted by Crippen LogP contribution is -2.33. The Kier molecular flexibility index (Phi) is 6.58. The molecule has 0 saturated heterocycles. The van der Waals surface area contributed by atoms with Crippen molar-refractivity contribution >= 4 is 28.9 Å². The molecule has 7 heteroatoms. The summed E-state index contributed by atoms with van der Waals surface area (Å²) in [4.78, 5) is 26.2. The standard InChI is InChI=1S/C26H18FN3O2S/c27-20-13-11-18(12-14-20)15-23-25(32)30(21-9-5-2-6-10-21)26(33-23)22(16-28)24(31)29-17-19-7-3-1-4-8-19/h1-15H,17H2,(H,29,31)/b23-15+,26-22+. The number of para-hydroxylation sites is 1. The minimum Gasteiger partial charge on any atom is -0.347 e. The fourth-order valence-corrected chi connectivity index (χ4v) is 4.34.